The highest BCUT2D eigenvalue weighted by Crippen LogP contribution is 2.26. The molecule has 0 radical (unpaired) electrons. The molecule has 3 heteroatoms. The average Bonchev–Trinajstić information content (AvgIpc) is 2.78. The third-order valence-corrected chi connectivity index (χ3v) is 3.33. The molecule has 0 amide bonds. The predicted octanol–water partition coefficient (Wildman–Crippen LogP) is 3.46. The summed E-state index contributed by atoms with van der Waals surface area (Å²) in [5.74, 6) is 0. The number of aryl methyl sites for hydroxylation is 3. The lowest BCUT2D eigenvalue weighted by molar-refractivity contribution is 0.765. The molecule has 2 aromatic rings. The first-order chi connectivity index (χ1) is 8.61. The van der Waals surface area contributed by atoms with Crippen LogP contribution in [0, 0.1) is 6.92 Å². The molecule has 2 rings (SSSR count). The van der Waals surface area contributed by atoms with E-state index in [1.54, 1.807) is 0 Å². The lowest BCUT2D eigenvalue weighted by atomic mass is 10.0. The van der Waals surface area contributed by atoms with Crippen LogP contribution >= 0.6 is 0 Å². The highest BCUT2D eigenvalue weighted by molar-refractivity contribution is 5.58. The molecule has 0 aliphatic carbocycles. The monoisotopic (exact) mass is 243 g/mol. The Morgan fingerprint density at radius 2 is 2.17 bits per heavy atom. The van der Waals surface area contributed by atoms with Gasteiger partial charge in [0.25, 0.3) is 0 Å². The Hall–Kier alpha value is -1.77. The van der Waals surface area contributed by atoms with Gasteiger partial charge in [0, 0.05) is 24.5 Å². The second-order valence-electron chi connectivity index (χ2n) is 4.78. The number of aromatic nitrogens is 2. The lowest BCUT2D eigenvalue weighted by Crippen LogP contribution is -2.09. The Bertz CT molecular complexity index is 528. The van der Waals surface area contributed by atoms with Crippen molar-refractivity contribution in [1.82, 2.24) is 9.78 Å². The molecule has 1 unspecified atom stereocenters. The first-order valence-electron chi connectivity index (χ1n) is 6.45. The zero-order chi connectivity index (χ0) is 13.1. The third-order valence-electron chi connectivity index (χ3n) is 3.33. The first kappa shape index (κ1) is 12.7. The van der Waals surface area contributed by atoms with Crippen LogP contribution in [0.1, 0.15) is 36.6 Å². The summed E-state index contributed by atoms with van der Waals surface area (Å²) >= 11 is 0. The van der Waals surface area contributed by atoms with Crippen LogP contribution in [0.2, 0.25) is 0 Å². The second-order valence-corrected chi connectivity index (χ2v) is 4.78. The topological polar surface area (TPSA) is 29.9 Å². The van der Waals surface area contributed by atoms with Crippen molar-refractivity contribution >= 4 is 5.69 Å². The smallest absolute Gasteiger partial charge is 0.0542 e. The highest BCUT2D eigenvalue weighted by atomic mass is 15.2. The molecule has 1 aromatic heterocycles. The second kappa shape index (κ2) is 5.25. The Kier molecular flexibility index (Phi) is 3.70. The van der Waals surface area contributed by atoms with Crippen molar-refractivity contribution < 1.29 is 0 Å². The molecule has 0 saturated carbocycles. The Balaban J connectivity index is 2.23. The quantitative estimate of drug-likeness (QED) is 0.891. The molecule has 1 heterocycles. The molecule has 3 nitrogen and oxygen atoms in total. The summed E-state index contributed by atoms with van der Waals surface area (Å²) in [7, 11) is 1.95. The SMILES string of the molecule is CCc1cccc(C)c1NC(C)c1cnn(C)c1. The fourth-order valence-electron chi connectivity index (χ4n) is 2.19. The molecule has 0 bridgehead atoms. The van der Waals surface area contributed by atoms with E-state index in [1.807, 2.05) is 17.9 Å². The fourth-order valence-corrected chi connectivity index (χ4v) is 2.19. The van der Waals surface area contributed by atoms with E-state index in [2.05, 4.69) is 55.6 Å². The Morgan fingerprint density at radius 3 is 2.78 bits per heavy atom. The maximum Gasteiger partial charge on any atom is 0.0542 e. The van der Waals surface area contributed by atoms with Crippen molar-refractivity contribution in [2.24, 2.45) is 7.05 Å². The van der Waals surface area contributed by atoms with E-state index in [0.717, 1.165) is 6.42 Å². The Morgan fingerprint density at radius 1 is 1.39 bits per heavy atom. The van der Waals surface area contributed by atoms with Gasteiger partial charge in [-0.1, -0.05) is 25.1 Å². The number of hydrogen-bond acceptors (Lipinski definition) is 2. The summed E-state index contributed by atoms with van der Waals surface area (Å²) in [5, 5.41) is 7.83. The van der Waals surface area contributed by atoms with Gasteiger partial charge in [-0.2, -0.15) is 5.10 Å². The van der Waals surface area contributed by atoms with E-state index >= 15 is 0 Å². The van der Waals surface area contributed by atoms with E-state index in [0.29, 0.717) is 0 Å². The van der Waals surface area contributed by atoms with Gasteiger partial charge >= 0.3 is 0 Å². The molecule has 0 fully saturated rings. The fraction of sp³-hybridized carbons (Fsp3) is 0.400. The zero-order valence-corrected chi connectivity index (χ0v) is 11.6. The molecule has 1 atom stereocenters. The van der Waals surface area contributed by atoms with Crippen molar-refractivity contribution in [3.05, 3.63) is 47.3 Å². The van der Waals surface area contributed by atoms with E-state index in [4.69, 9.17) is 0 Å². The van der Waals surface area contributed by atoms with Crippen LogP contribution in [0.25, 0.3) is 0 Å². The zero-order valence-electron chi connectivity index (χ0n) is 11.6. The minimum atomic E-state index is 0.269. The van der Waals surface area contributed by atoms with Crippen LogP contribution in [0.15, 0.2) is 30.6 Å². The van der Waals surface area contributed by atoms with Crippen molar-refractivity contribution in [3.8, 4) is 0 Å². The minimum absolute atomic E-state index is 0.269. The van der Waals surface area contributed by atoms with Gasteiger partial charge in [0.15, 0.2) is 0 Å². The maximum absolute atomic E-state index is 4.22. The van der Waals surface area contributed by atoms with Gasteiger partial charge in [0.1, 0.15) is 0 Å². The number of para-hydroxylation sites is 1. The summed E-state index contributed by atoms with van der Waals surface area (Å²) < 4.78 is 1.84. The molecular weight excluding hydrogens is 222 g/mol. The van der Waals surface area contributed by atoms with E-state index in [1.165, 1.54) is 22.4 Å². The van der Waals surface area contributed by atoms with Gasteiger partial charge in [-0.15, -0.1) is 0 Å². The van der Waals surface area contributed by atoms with Gasteiger partial charge in [-0.25, -0.2) is 0 Å². The van der Waals surface area contributed by atoms with Crippen LogP contribution in [-0.2, 0) is 13.5 Å². The molecule has 1 aromatic carbocycles. The lowest BCUT2D eigenvalue weighted by Gasteiger charge is -2.18. The predicted molar refractivity (Wildman–Crippen MR) is 75.8 cm³/mol. The summed E-state index contributed by atoms with van der Waals surface area (Å²) in [6.07, 6.45) is 5.02. The van der Waals surface area contributed by atoms with E-state index < -0.39 is 0 Å². The summed E-state index contributed by atoms with van der Waals surface area (Å²) in [6, 6.07) is 6.72. The summed E-state index contributed by atoms with van der Waals surface area (Å²) in [4.78, 5) is 0. The number of rotatable bonds is 4. The van der Waals surface area contributed by atoms with Crippen molar-refractivity contribution in [1.29, 1.82) is 0 Å². The van der Waals surface area contributed by atoms with Crippen LogP contribution < -0.4 is 5.32 Å². The molecule has 1 N–H and O–H groups in total. The normalized spacial score (nSPS) is 12.4. The van der Waals surface area contributed by atoms with Gasteiger partial charge in [0.2, 0.25) is 0 Å². The number of nitrogens with one attached hydrogen (secondary N) is 1. The van der Waals surface area contributed by atoms with Crippen molar-refractivity contribution in [2.45, 2.75) is 33.2 Å². The van der Waals surface area contributed by atoms with Gasteiger partial charge in [-0.3, -0.25) is 4.68 Å². The van der Waals surface area contributed by atoms with Crippen LogP contribution in [0.5, 0.6) is 0 Å². The standard InChI is InChI=1S/C15H21N3/c1-5-13-8-6-7-11(2)15(13)17-12(3)14-9-16-18(4)10-14/h6-10,12,17H,5H2,1-4H3. The summed E-state index contributed by atoms with van der Waals surface area (Å²) in [6.45, 7) is 6.51. The number of hydrogen-bond donors (Lipinski definition) is 1. The van der Waals surface area contributed by atoms with Crippen molar-refractivity contribution in [2.75, 3.05) is 5.32 Å². The first-order valence-corrected chi connectivity index (χ1v) is 6.45. The third kappa shape index (κ3) is 2.55. The molecular formula is C15H21N3. The van der Waals surface area contributed by atoms with Gasteiger partial charge in [-0.05, 0) is 31.4 Å². The van der Waals surface area contributed by atoms with E-state index in [9.17, 15) is 0 Å². The minimum Gasteiger partial charge on any atom is -0.378 e. The molecule has 0 saturated heterocycles. The van der Waals surface area contributed by atoms with Crippen LogP contribution in [0.3, 0.4) is 0 Å². The molecule has 0 aliphatic rings. The Labute approximate surface area is 109 Å². The number of nitrogens with zero attached hydrogens (tertiary/aromatic N) is 2. The molecule has 0 spiro atoms. The molecule has 0 aliphatic heterocycles. The average molecular weight is 243 g/mol. The van der Waals surface area contributed by atoms with Crippen LogP contribution in [0.4, 0.5) is 5.69 Å². The molecule has 18 heavy (non-hydrogen) atoms. The highest BCUT2D eigenvalue weighted by Gasteiger charge is 2.10. The molecule has 96 valence electrons. The largest absolute Gasteiger partial charge is 0.378 e. The number of anilines is 1. The van der Waals surface area contributed by atoms with Crippen LogP contribution in [-0.4, -0.2) is 9.78 Å². The van der Waals surface area contributed by atoms with Gasteiger partial charge in [0.05, 0.1) is 12.2 Å². The maximum atomic E-state index is 4.22. The van der Waals surface area contributed by atoms with Gasteiger partial charge < -0.3 is 5.32 Å². The number of benzene rings is 1. The van der Waals surface area contributed by atoms with Crippen molar-refractivity contribution in [3.63, 3.8) is 0 Å². The summed E-state index contributed by atoms with van der Waals surface area (Å²) in [5.41, 5.74) is 5.13. The van der Waals surface area contributed by atoms with E-state index in [-0.39, 0.29) is 6.04 Å².